The van der Waals surface area contributed by atoms with Gasteiger partial charge in [0.15, 0.2) is 0 Å². The molecule has 0 fully saturated rings. The monoisotopic (exact) mass is 338 g/mol. The second-order valence-corrected chi connectivity index (χ2v) is 5.95. The van der Waals surface area contributed by atoms with Crippen LogP contribution >= 0.6 is 11.6 Å². The Kier molecular flexibility index (Phi) is 5.31. The second kappa shape index (κ2) is 7.04. The maximum Gasteiger partial charge on any atom is 0.342 e. The van der Waals surface area contributed by atoms with Crippen LogP contribution in [0.1, 0.15) is 46.8 Å². The van der Waals surface area contributed by atoms with Gasteiger partial charge in [0, 0.05) is 12.0 Å². The SMILES string of the molecule is COc1c(C)c(C/C=C(\C)CCC(=O)Cl)c(O)c2c1COC2=O. The van der Waals surface area contributed by atoms with E-state index in [0.29, 0.717) is 29.7 Å². The first kappa shape index (κ1) is 17.3. The van der Waals surface area contributed by atoms with Crippen LogP contribution in [0.4, 0.5) is 0 Å². The van der Waals surface area contributed by atoms with Crippen molar-refractivity contribution in [2.24, 2.45) is 0 Å². The largest absolute Gasteiger partial charge is 0.507 e. The van der Waals surface area contributed by atoms with E-state index in [-0.39, 0.29) is 29.6 Å². The Morgan fingerprint density at radius 1 is 1.43 bits per heavy atom. The molecule has 0 amide bonds. The van der Waals surface area contributed by atoms with E-state index in [1.165, 1.54) is 7.11 Å². The molecule has 124 valence electrons. The lowest BCUT2D eigenvalue weighted by Crippen LogP contribution is -2.03. The number of allylic oxidation sites excluding steroid dienone is 2. The molecule has 2 rings (SSSR count). The van der Waals surface area contributed by atoms with E-state index >= 15 is 0 Å². The minimum Gasteiger partial charge on any atom is -0.507 e. The Morgan fingerprint density at radius 2 is 2.13 bits per heavy atom. The molecule has 1 aromatic rings. The average Bonchev–Trinajstić information content (AvgIpc) is 2.87. The van der Waals surface area contributed by atoms with E-state index < -0.39 is 5.97 Å². The number of hydrogen-bond donors (Lipinski definition) is 1. The maximum atomic E-state index is 11.8. The van der Waals surface area contributed by atoms with Gasteiger partial charge < -0.3 is 14.6 Å². The van der Waals surface area contributed by atoms with Crippen molar-refractivity contribution in [2.45, 2.75) is 39.7 Å². The molecule has 1 aromatic carbocycles. The Morgan fingerprint density at radius 3 is 2.74 bits per heavy atom. The van der Waals surface area contributed by atoms with Gasteiger partial charge in [-0.25, -0.2) is 4.79 Å². The number of rotatable bonds is 6. The van der Waals surface area contributed by atoms with Gasteiger partial charge in [-0.05, 0) is 43.9 Å². The molecule has 1 aliphatic rings. The standard InChI is InChI=1S/C17H19ClO5/c1-9(5-7-13(18)19)4-6-11-10(2)16(22-3)12-8-23-17(21)14(12)15(11)20/h4,20H,5-8H2,1-3H3/b9-4+. The highest BCUT2D eigenvalue weighted by atomic mass is 35.5. The third kappa shape index (κ3) is 3.50. The molecular formula is C17H19ClO5. The number of ether oxygens (including phenoxy) is 2. The normalized spacial score (nSPS) is 13.7. The van der Waals surface area contributed by atoms with E-state index in [4.69, 9.17) is 21.1 Å². The predicted molar refractivity (Wildman–Crippen MR) is 86.1 cm³/mol. The molecule has 0 spiro atoms. The average molecular weight is 339 g/mol. The fourth-order valence-electron chi connectivity index (χ4n) is 2.72. The lowest BCUT2D eigenvalue weighted by Gasteiger charge is -2.15. The van der Waals surface area contributed by atoms with Gasteiger partial charge in [-0.3, -0.25) is 4.79 Å². The molecule has 23 heavy (non-hydrogen) atoms. The predicted octanol–water partition coefficient (Wildman–Crippen LogP) is 3.41. The lowest BCUT2D eigenvalue weighted by atomic mass is 9.94. The summed E-state index contributed by atoms with van der Waals surface area (Å²) in [6, 6.07) is 0. The number of phenolic OH excluding ortho intramolecular Hbond substituents is 1. The summed E-state index contributed by atoms with van der Waals surface area (Å²) in [5.41, 5.74) is 3.16. The lowest BCUT2D eigenvalue weighted by molar-refractivity contribution is -0.111. The molecule has 0 atom stereocenters. The van der Waals surface area contributed by atoms with Crippen LogP contribution in [0.25, 0.3) is 0 Å². The Hall–Kier alpha value is -2.01. The topological polar surface area (TPSA) is 72.8 Å². The first-order valence-corrected chi connectivity index (χ1v) is 7.67. The number of fused-ring (bicyclic) bond motifs is 1. The van der Waals surface area contributed by atoms with Crippen LogP contribution in [0.15, 0.2) is 11.6 Å². The molecule has 0 radical (unpaired) electrons. The number of halogens is 1. The summed E-state index contributed by atoms with van der Waals surface area (Å²) in [5.74, 6) is -0.0237. The number of methoxy groups -OCH3 is 1. The van der Waals surface area contributed by atoms with Crippen LogP contribution in [-0.2, 0) is 22.6 Å². The number of hydrogen-bond acceptors (Lipinski definition) is 5. The van der Waals surface area contributed by atoms with E-state index in [0.717, 1.165) is 11.1 Å². The first-order valence-electron chi connectivity index (χ1n) is 7.29. The molecule has 1 heterocycles. The Labute approximate surface area is 139 Å². The van der Waals surface area contributed by atoms with Gasteiger partial charge in [0.2, 0.25) is 5.24 Å². The summed E-state index contributed by atoms with van der Waals surface area (Å²) in [6.45, 7) is 3.84. The molecular weight excluding hydrogens is 320 g/mol. The van der Waals surface area contributed by atoms with Gasteiger partial charge in [-0.1, -0.05) is 11.6 Å². The van der Waals surface area contributed by atoms with Crippen molar-refractivity contribution >= 4 is 22.8 Å². The quantitative estimate of drug-likeness (QED) is 0.489. The maximum absolute atomic E-state index is 11.8. The van der Waals surface area contributed by atoms with Crippen LogP contribution in [0.2, 0.25) is 0 Å². The summed E-state index contributed by atoms with van der Waals surface area (Å²) in [7, 11) is 1.53. The Bertz CT molecular complexity index is 691. The van der Waals surface area contributed by atoms with Crippen LogP contribution in [0.5, 0.6) is 11.5 Å². The van der Waals surface area contributed by atoms with E-state index in [2.05, 4.69) is 0 Å². The number of aromatic hydroxyl groups is 1. The van der Waals surface area contributed by atoms with Crippen molar-refractivity contribution in [3.8, 4) is 11.5 Å². The van der Waals surface area contributed by atoms with Crippen molar-refractivity contribution < 1.29 is 24.2 Å². The smallest absolute Gasteiger partial charge is 0.342 e. The highest BCUT2D eigenvalue weighted by Gasteiger charge is 2.32. The van der Waals surface area contributed by atoms with Crippen molar-refractivity contribution in [2.75, 3.05) is 7.11 Å². The number of carbonyl (C=O) groups excluding carboxylic acids is 2. The zero-order valence-corrected chi connectivity index (χ0v) is 14.1. The Balaban J connectivity index is 2.36. The summed E-state index contributed by atoms with van der Waals surface area (Å²) in [6.07, 6.45) is 3.17. The molecule has 0 bridgehead atoms. The molecule has 1 N–H and O–H groups in total. The van der Waals surface area contributed by atoms with Gasteiger partial charge in [-0.15, -0.1) is 0 Å². The molecule has 0 saturated carbocycles. The van der Waals surface area contributed by atoms with Gasteiger partial charge in [-0.2, -0.15) is 0 Å². The third-order valence-electron chi connectivity index (χ3n) is 4.02. The zero-order valence-electron chi connectivity index (χ0n) is 13.4. The van der Waals surface area contributed by atoms with Crippen LogP contribution in [0.3, 0.4) is 0 Å². The number of carbonyl (C=O) groups is 2. The van der Waals surface area contributed by atoms with Crippen molar-refractivity contribution in [3.05, 3.63) is 33.9 Å². The summed E-state index contributed by atoms with van der Waals surface area (Å²) >= 11 is 5.33. The fraction of sp³-hybridized carbons (Fsp3) is 0.412. The third-order valence-corrected chi connectivity index (χ3v) is 4.21. The highest BCUT2D eigenvalue weighted by molar-refractivity contribution is 6.63. The summed E-state index contributed by atoms with van der Waals surface area (Å²) < 4.78 is 10.4. The number of benzene rings is 1. The molecule has 1 aliphatic heterocycles. The van der Waals surface area contributed by atoms with Crippen molar-refractivity contribution in [1.29, 1.82) is 0 Å². The van der Waals surface area contributed by atoms with Gasteiger partial charge >= 0.3 is 5.97 Å². The minimum atomic E-state index is -0.537. The molecule has 5 nitrogen and oxygen atoms in total. The number of esters is 1. The molecule has 0 saturated heterocycles. The first-order chi connectivity index (χ1) is 10.9. The van der Waals surface area contributed by atoms with E-state index in [9.17, 15) is 14.7 Å². The van der Waals surface area contributed by atoms with Crippen molar-refractivity contribution in [3.63, 3.8) is 0 Å². The van der Waals surface area contributed by atoms with Crippen LogP contribution in [-0.4, -0.2) is 23.4 Å². The number of cyclic esters (lactones) is 1. The van der Waals surface area contributed by atoms with Gasteiger partial charge in [0.1, 0.15) is 23.7 Å². The summed E-state index contributed by atoms with van der Waals surface area (Å²) in [4.78, 5) is 22.6. The minimum absolute atomic E-state index is 0.0572. The molecule has 0 aliphatic carbocycles. The van der Waals surface area contributed by atoms with E-state index in [1.54, 1.807) is 0 Å². The van der Waals surface area contributed by atoms with Gasteiger partial charge in [0.05, 0.1) is 12.7 Å². The van der Waals surface area contributed by atoms with Crippen LogP contribution in [0, 0.1) is 6.92 Å². The number of phenols is 1. The molecule has 0 aromatic heterocycles. The summed E-state index contributed by atoms with van der Waals surface area (Å²) in [5, 5.41) is 10.1. The zero-order chi connectivity index (χ0) is 17.1. The fourth-order valence-corrected chi connectivity index (χ4v) is 2.81. The highest BCUT2D eigenvalue weighted by Crippen LogP contribution is 2.42. The van der Waals surface area contributed by atoms with Crippen LogP contribution < -0.4 is 4.74 Å². The molecule has 6 heteroatoms. The second-order valence-electron chi connectivity index (χ2n) is 5.52. The van der Waals surface area contributed by atoms with E-state index in [1.807, 2.05) is 19.9 Å². The molecule has 0 unspecified atom stereocenters. The van der Waals surface area contributed by atoms with Gasteiger partial charge in [0.25, 0.3) is 0 Å². The van der Waals surface area contributed by atoms with Crippen molar-refractivity contribution in [1.82, 2.24) is 0 Å².